The molecule has 0 amide bonds. The van der Waals surface area contributed by atoms with Crippen molar-refractivity contribution in [3.8, 4) is 11.3 Å². The molecule has 5 nitrogen and oxygen atoms in total. The fourth-order valence-electron chi connectivity index (χ4n) is 3.18. The fourth-order valence-corrected chi connectivity index (χ4v) is 3.18. The summed E-state index contributed by atoms with van der Waals surface area (Å²) in [6, 6.07) is 11.2. The van der Waals surface area contributed by atoms with Gasteiger partial charge in [0.25, 0.3) is 0 Å². The summed E-state index contributed by atoms with van der Waals surface area (Å²) >= 11 is 0. The minimum atomic E-state index is 0.388. The van der Waals surface area contributed by atoms with Gasteiger partial charge in [0, 0.05) is 29.9 Å². The van der Waals surface area contributed by atoms with E-state index in [-0.39, 0.29) is 0 Å². The lowest BCUT2D eigenvalue weighted by atomic mass is 10.0. The second-order valence-corrected chi connectivity index (χ2v) is 6.32. The van der Waals surface area contributed by atoms with Crippen LogP contribution in [0.25, 0.3) is 22.3 Å². The molecule has 0 bridgehead atoms. The first-order chi connectivity index (χ1) is 11.3. The third kappa shape index (κ3) is 3.11. The average molecular weight is 307 g/mol. The number of nitrogens with one attached hydrogen (secondary N) is 1. The highest BCUT2D eigenvalue weighted by Gasteiger charge is 2.15. The first kappa shape index (κ1) is 14.4. The van der Waals surface area contributed by atoms with Gasteiger partial charge in [-0.1, -0.05) is 24.3 Å². The Kier molecular flexibility index (Phi) is 3.81. The van der Waals surface area contributed by atoms with Crippen LogP contribution in [0, 0.1) is 0 Å². The van der Waals surface area contributed by atoms with Crippen molar-refractivity contribution in [2.24, 2.45) is 5.73 Å². The Labute approximate surface area is 135 Å². The van der Waals surface area contributed by atoms with Crippen molar-refractivity contribution in [2.75, 3.05) is 13.1 Å². The summed E-state index contributed by atoms with van der Waals surface area (Å²) in [6.45, 7) is 3.21. The van der Waals surface area contributed by atoms with Gasteiger partial charge in [0.2, 0.25) is 0 Å². The standard InChI is InChI=1S/C18H21N5/c19-16-5-7-23(8-6-16)11-13-1-3-14(4-2-13)17-9-15-10-20-12-21-18(15)22-17/h1-4,9-10,12,16H,5-8,11,19H2,(H,20,21,22). The zero-order valence-corrected chi connectivity index (χ0v) is 13.1. The molecule has 118 valence electrons. The zero-order valence-electron chi connectivity index (χ0n) is 13.1. The van der Waals surface area contributed by atoms with E-state index in [4.69, 9.17) is 5.73 Å². The number of aromatic amines is 1. The lowest BCUT2D eigenvalue weighted by Gasteiger charge is -2.30. The number of benzene rings is 1. The Morgan fingerprint density at radius 2 is 1.96 bits per heavy atom. The maximum Gasteiger partial charge on any atom is 0.141 e. The molecule has 0 atom stereocenters. The van der Waals surface area contributed by atoms with Crippen LogP contribution in [0.15, 0.2) is 42.9 Å². The molecule has 3 heterocycles. The molecule has 0 unspecified atom stereocenters. The van der Waals surface area contributed by atoms with Crippen molar-refractivity contribution in [3.05, 3.63) is 48.4 Å². The van der Waals surface area contributed by atoms with E-state index in [1.807, 2.05) is 6.20 Å². The lowest BCUT2D eigenvalue weighted by Crippen LogP contribution is -2.39. The SMILES string of the molecule is NC1CCN(Cc2ccc(-c3cc4cncnc4[nH]3)cc2)CC1. The molecule has 3 N–H and O–H groups in total. The molecule has 1 fully saturated rings. The predicted molar refractivity (Wildman–Crippen MR) is 91.8 cm³/mol. The van der Waals surface area contributed by atoms with Gasteiger partial charge in [0.15, 0.2) is 0 Å². The summed E-state index contributed by atoms with van der Waals surface area (Å²) in [5.41, 5.74) is 10.4. The number of rotatable bonds is 3. The minimum absolute atomic E-state index is 0.388. The Morgan fingerprint density at radius 3 is 2.70 bits per heavy atom. The number of piperidine rings is 1. The number of aromatic nitrogens is 3. The highest BCUT2D eigenvalue weighted by molar-refractivity contribution is 5.82. The summed E-state index contributed by atoms with van der Waals surface area (Å²) in [4.78, 5) is 14.1. The number of fused-ring (bicyclic) bond motifs is 1. The molecule has 0 saturated carbocycles. The van der Waals surface area contributed by atoms with Crippen molar-refractivity contribution in [1.82, 2.24) is 19.9 Å². The number of nitrogens with zero attached hydrogens (tertiary/aromatic N) is 3. The Bertz CT molecular complexity index is 752. The molecule has 0 spiro atoms. The van der Waals surface area contributed by atoms with E-state index in [2.05, 4.69) is 50.2 Å². The highest BCUT2D eigenvalue weighted by atomic mass is 15.1. The first-order valence-corrected chi connectivity index (χ1v) is 8.14. The largest absolute Gasteiger partial charge is 0.339 e. The monoisotopic (exact) mass is 307 g/mol. The topological polar surface area (TPSA) is 70.8 Å². The maximum atomic E-state index is 5.97. The Balaban J connectivity index is 1.49. The molecular formula is C18H21N5. The van der Waals surface area contributed by atoms with E-state index >= 15 is 0 Å². The van der Waals surface area contributed by atoms with Crippen molar-refractivity contribution in [2.45, 2.75) is 25.4 Å². The summed E-state index contributed by atoms with van der Waals surface area (Å²) in [5, 5.41) is 1.04. The number of likely N-dealkylation sites (tertiary alicyclic amines) is 1. The van der Waals surface area contributed by atoms with Gasteiger partial charge in [-0.3, -0.25) is 4.90 Å². The summed E-state index contributed by atoms with van der Waals surface area (Å²) in [6.07, 6.45) is 5.61. The number of hydrogen-bond acceptors (Lipinski definition) is 4. The smallest absolute Gasteiger partial charge is 0.141 e. The van der Waals surface area contributed by atoms with E-state index in [1.54, 1.807) is 6.33 Å². The first-order valence-electron chi connectivity index (χ1n) is 8.14. The van der Waals surface area contributed by atoms with Gasteiger partial charge < -0.3 is 10.7 Å². The van der Waals surface area contributed by atoms with Crippen molar-refractivity contribution < 1.29 is 0 Å². The molecule has 3 aromatic rings. The van der Waals surface area contributed by atoms with Gasteiger partial charge in [0.05, 0.1) is 0 Å². The molecule has 2 aromatic heterocycles. The van der Waals surface area contributed by atoms with E-state index in [9.17, 15) is 0 Å². The second-order valence-electron chi connectivity index (χ2n) is 6.32. The molecule has 5 heteroatoms. The molecule has 1 aliphatic heterocycles. The summed E-state index contributed by atoms with van der Waals surface area (Å²) in [5.74, 6) is 0. The van der Waals surface area contributed by atoms with E-state index in [1.165, 1.54) is 11.1 Å². The van der Waals surface area contributed by atoms with Gasteiger partial charge in [-0.25, -0.2) is 9.97 Å². The molecule has 1 saturated heterocycles. The van der Waals surface area contributed by atoms with Crippen LogP contribution >= 0.6 is 0 Å². The van der Waals surface area contributed by atoms with Crippen molar-refractivity contribution >= 4 is 11.0 Å². The van der Waals surface area contributed by atoms with Crippen LogP contribution in [-0.4, -0.2) is 39.0 Å². The highest BCUT2D eigenvalue weighted by Crippen LogP contribution is 2.23. The van der Waals surface area contributed by atoms with Crippen LogP contribution in [0.4, 0.5) is 0 Å². The molecule has 23 heavy (non-hydrogen) atoms. The Hall–Kier alpha value is -2.24. The lowest BCUT2D eigenvalue weighted by molar-refractivity contribution is 0.205. The van der Waals surface area contributed by atoms with Crippen LogP contribution in [0.1, 0.15) is 18.4 Å². The van der Waals surface area contributed by atoms with Crippen LogP contribution in [0.3, 0.4) is 0 Å². The molecule has 4 rings (SSSR count). The van der Waals surface area contributed by atoms with E-state index in [0.29, 0.717) is 6.04 Å². The normalized spacial score (nSPS) is 16.9. The summed E-state index contributed by atoms with van der Waals surface area (Å²) in [7, 11) is 0. The second kappa shape index (κ2) is 6.10. The van der Waals surface area contributed by atoms with Crippen LogP contribution in [-0.2, 0) is 6.54 Å². The third-order valence-corrected chi connectivity index (χ3v) is 4.60. The molecule has 1 aliphatic rings. The quantitative estimate of drug-likeness (QED) is 0.780. The average Bonchev–Trinajstić information content (AvgIpc) is 3.02. The van der Waals surface area contributed by atoms with Crippen molar-refractivity contribution in [3.63, 3.8) is 0 Å². The van der Waals surface area contributed by atoms with Crippen LogP contribution in [0.2, 0.25) is 0 Å². The molecular weight excluding hydrogens is 286 g/mol. The van der Waals surface area contributed by atoms with Gasteiger partial charge in [-0.05, 0) is 43.1 Å². The predicted octanol–water partition coefficient (Wildman–Crippen LogP) is 2.55. The molecule has 1 aromatic carbocycles. The number of hydrogen-bond donors (Lipinski definition) is 2. The van der Waals surface area contributed by atoms with Crippen molar-refractivity contribution in [1.29, 1.82) is 0 Å². The maximum absolute atomic E-state index is 5.97. The van der Waals surface area contributed by atoms with Gasteiger partial charge in [-0.2, -0.15) is 0 Å². The third-order valence-electron chi connectivity index (χ3n) is 4.60. The summed E-state index contributed by atoms with van der Waals surface area (Å²) < 4.78 is 0. The van der Waals surface area contributed by atoms with Gasteiger partial charge in [-0.15, -0.1) is 0 Å². The molecule has 0 aliphatic carbocycles. The van der Waals surface area contributed by atoms with Crippen LogP contribution in [0.5, 0.6) is 0 Å². The van der Waals surface area contributed by atoms with E-state index in [0.717, 1.165) is 49.2 Å². The molecule has 0 radical (unpaired) electrons. The number of nitrogens with two attached hydrogens (primary N) is 1. The van der Waals surface area contributed by atoms with E-state index < -0.39 is 0 Å². The fraction of sp³-hybridized carbons (Fsp3) is 0.333. The minimum Gasteiger partial charge on any atom is -0.339 e. The van der Waals surface area contributed by atoms with Gasteiger partial charge >= 0.3 is 0 Å². The zero-order chi connectivity index (χ0) is 15.6. The Morgan fingerprint density at radius 1 is 1.17 bits per heavy atom. The van der Waals surface area contributed by atoms with Gasteiger partial charge in [0.1, 0.15) is 12.0 Å². The van der Waals surface area contributed by atoms with Crippen LogP contribution < -0.4 is 5.73 Å². The number of H-pyrrole nitrogens is 1.